The molecule has 0 amide bonds. The van der Waals surface area contributed by atoms with Gasteiger partial charge in [0.05, 0.1) is 29.9 Å². The van der Waals surface area contributed by atoms with Crippen LogP contribution in [-0.4, -0.2) is 35.2 Å². The summed E-state index contributed by atoms with van der Waals surface area (Å²) < 4.78 is 61.5. The fraction of sp³-hybridized carbons (Fsp3) is 0.429. The molecule has 2 rings (SSSR count). The van der Waals surface area contributed by atoms with Crippen molar-refractivity contribution in [3.63, 3.8) is 0 Å². The Morgan fingerprint density at radius 1 is 1.29 bits per heavy atom. The van der Waals surface area contributed by atoms with E-state index in [0.29, 0.717) is 12.2 Å². The Labute approximate surface area is 137 Å². The zero-order chi connectivity index (χ0) is 18.0. The van der Waals surface area contributed by atoms with Gasteiger partial charge in [-0.3, -0.25) is 4.68 Å². The Morgan fingerprint density at radius 2 is 2.00 bits per heavy atom. The van der Waals surface area contributed by atoms with E-state index in [2.05, 4.69) is 15.4 Å². The molecule has 0 radical (unpaired) electrons. The quantitative estimate of drug-likeness (QED) is 0.853. The summed E-state index contributed by atoms with van der Waals surface area (Å²) in [6, 6.07) is 2.25. The third kappa shape index (κ3) is 5.22. The first-order valence-corrected chi connectivity index (χ1v) is 9.08. The average molecular weight is 362 g/mol. The molecule has 2 aromatic heterocycles. The second-order valence-electron chi connectivity index (χ2n) is 5.42. The Hall–Kier alpha value is -2.10. The topological polar surface area (TPSA) is 76.9 Å². The summed E-state index contributed by atoms with van der Waals surface area (Å²) in [6.45, 7) is 2.08. The zero-order valence-electron chi connectivity index (χ0n) is 13.1. The Kier molecular flexibility index (Phi) is 5.16. The van der Waals surface area contributed by atoms with Crippen LogP contribution in [-0.2, 0) is 29.1 Å². The van der Waals surface area contributed by atoms with Crippen LogP contribution in [0.5, 0.6) is 0 Å². The van der Waals surface area contributed by atoms with Crippen molar-refractivity contribution in [3.05, 3.63) is 41.5 Å². The third-order valence-electron chi connectivity index (χ3n) is 3.24. The highest BCUT2D eigenvalue weighted by molar-refractivity contribution is 7.90. The summed E-state index contributed by atoms with van der Waals surface area (Å²) in [6.07, 6.45) is -0.0590. The standard InChI is InChI=1S/C14H17F3N4O2S/c1-10-12(3-4-13(20-10)14(15,16)17)18-7-11-8-19-21(9-11)5-6-24(2,22)23/h3-4,8-9,18H,5-7H2,1-2H3. The smallest absolute Gasteiger partial charge is 0.379 e. The first-order chi connectivity index (χ1) is 11.0. The Balaban J connectivity index is 1.98. The van der Waals surface area contributed by atoms with Gasteiger partial charge in [-0.25, -0.2) is 13.4 Å². The number of aryl methyl sites for hydroxylation is 2. The normalized spacial score (nSPS) is 12.4. The van der Waals surface area contributed by atoms with Gasteiger partial charge in [-0.1, -0.05) is 0 Å². The number of sulfone groups is 1. The van der Waals surface area contributed by atoms with Crippen LogP contribution in [0.3, 0.4) is 0 Å². The second kappa shape index (κ2) is 6.80. The van der Waals surface area contributed by atoms with Gasteiger partial charge in [0.2, 0.25) is 0 Å². The molecule has 0 aliphatic heterocycles. The number of hydrogen-bond acceptors (Lipinski definition) is 5. The van der Waals surface area contributed by atoms with Crippen molar-refractivity contribution < 1.29 is 21.6 Å². The number of nitrogens with zero attached hydrogens (tertiary/aromatic N) is 3. The van der Waals surface area contributed by atoms with Crippen LogP contribution in [0, 0.1) is 6.92 Å². The minimum absolute atomic E-state index is 0.0104. The molecule has 0 aliphatic rings. The summed E-state index contributed by atoms with van der Waals surface area (Å²) in [5.74, 6) is -0.0104. The highest BCUT2D eigenvalue weighted by Gasteiger charge is 2.32. The minimum atomic E-state index is -4.47. The van der Waals surface area contributed by atoms with Crippen molar-refractivity contribution in [2.45, 2.75) is 26.2 Å². The molecule has 0 atom stereocenters. The molecule has 10 heteroatoms. The van der Waals surface area contributed by atoms with Gasteiger partial charge < -0.3 is 5.32 Å². The van der Waals surface area contributed by atoms with Gasteiger partial charge >= 0.3 is 6.18 Å². The molecule has 2 aromatic rings. The van der Waals surface area contributed by atoms with E-state index in [4.69, 9.17) is 0 Å². The van der Waals surface area contributed by atoms with E-state index < -0.39 is 21.7 Å². The molecular formula is C14H17F3N4O2S. The summed E-state index contributed by atoms with van der Waals surface area (Å²) in [7, 11) is -3.07. The number of alkyl halides is 3. The van der Waals surface area contributed by atoms with Crippen molar-refractivity contribution in [1.29, 1.82) is 0 Å². The van der Waals surface area contributed by atoms with Crippen LogP contribution in [0.2, 0.25) is 0 Å². The maximum absolute atomic E-state index is 12.6. The van der Waals surface area contributed by atoms with Crippen LogP contribution in [0.4, 0.5) is 18.9 Å². The number of halogens is 3. The molecule has 0 aliphatic carbocycles. The van der Waals surface area contributed by atoms with Crippen LogP contribution in [0.15, 0.2) is 24.5 Å². The van der Waals surface area contributed by atoms with Crippen molar-refractivity contribution in [2.75, 3.05) is 17.3 Å². The van der Waals surface area contributed by atoms with E-state index in [-0.39, 0.29) is 18.0 Å². The molecule has 24 heavy (non-hydrogen) atoms. The first kappa shape index (κ1) is 18.2. The molecule has 2 heterocycles. The molecule has 0 fully saturated rings. The van der Waals surface area contributed by atoms with Crippen molar-refractivity contribution in [3.8, 4) is 0 Å². The molecule has 0 spiro atoms. The Morgan fingerprint density at radius 3 is 2.58 bits per heavy atom. The molecule has 6 nitrogen and oxygen atoms in total. The molecule has 0 unspecified atom stereocenters. The van der Waals surface area contributed by atoms with Crippen LogP contribution in [0.25, 0.3) is 0 Å². The number of nitrogens with one attached hydrogen (secondary N) is 1. The number of anilines is 1. The number of rotatable bonds is 6. The zero-order valence-corrected chi connectivity index (χ0v) is 13.9. The van der Waals surface area contributed by atoms with E-state index in [9.17, 15) is 21.6 Å². The fourth-order valence-electron chi connectivity index (χ4n) is 1.98. The van der Waals surface area contributed by atoms with Gasteiger partial charge in [-0.05, 0) is 19.1 Å². The van der Waals surface area contributed by atoms with Gasteiger partial charge in [0, 0.05) is 24.6 Å². The number of pyridine rings is 1. The lowest BCUT2D eigenvalue weighted by Gasteiger charge is -2.11. The number of hydrogen-bond donors (Lipinski definition) is 1. The SMILES string of the molecule is Cc1nc(C(F)(F)F)ccc1NCc1cnn(CCS(C)(=O)=O)c1. The van der Waals surface area contributed by atoms with Crippen LogP contribution in [0.1, 0.15) is 17.0 Å². The fourth-order valence-corrected chi connectivity index (χ4v) is 2.50. The molecular weight excluding hydrogens is 345 g/mol. The first-order valence-electron chi connectivity index (χ1n) is 7.02. The van der Waals surface area contributed by atoms with Gasteiger partial charge in [0.25, 0.3) is 0 Å². The van der Waals surface area contributed by atoms with Crippen LogP contribution < -0.4 is 5.32 Å². The third-order valence-corrected chi connectivity index (χ3v) is 4.16. The molecule has 0 saturated heterocycles. The minimum Gasteiger partial charge on any atom is -0.379 e. The highest BCUT2D eigenvalue weighted by Crippen LogP contribution is 2.29. The highest BCUT2D eigenvalue weighted by atomic mass is 32.2. The molecule has 0 aromatic carbocycles. The Bertz CT molecular complexity index is 816. The maximum Gasteiger partial charge on any atom is 0.433 e. The molecule has 132 valence electrons. The summed E-state index contributed by atoms with van der Waals surface area (Å²) >= 11 is 0. The maximum atomic E-state index is 12.6. The van der Waals surface area contributed by atoms with E-state index in [1.165, 1.54) is 17.7 Å². The lowest BCUT2D eigenvalue weighted by molar-refractivity contribution is -0.141. The van der Waals surface area contributed by atoms with Crippen LogP contribution >= 0.6 is 0 Å². The molecule has 0 bridgehead atoms. The second-order valence-corrected chi connectivity index (χ2v) is 7.68. The van der Waals surface area contributed by atoms with Gasteiger partial charge in [-0.2, -0.15) is 18.3 Å². The van der Waals surface area contributed by atoms with Crippen molar-refractivity contribution in [1.82, 2.24) is 14.8 Å². The van der Waals surface area contributed by atoms with E-state index in [1.54, 1.807) is 12.4 Å². The van der Waals surface area contributed by atoms with E-state index in [1.807, 2.05) is 0 Å². The van der Waals surface area contributed by atoms with E-state index in [0.717, 1.165) is 17.9 Å². The average Bonchev–Trinajstić information content (AvgIpc) is 2.90. The predicted molar refractivity (Wildman–Crippen MR) is 83.2 cm³/mol. The van der Waals surface area contributed by atoms with E-state index >= 15 is 0 Å². The predicted octanol–water partition coefficient (Wildman–Crippen LogP) is 2.26. The lowest BCUT2D eigenvalue weighted by Crippen LogP contribution is -2.11. The summed E-state index contributed by atoms with van der Waals surface area (Å²) in [5.41, 5.74) is 0.586. The van der Waals surface area contributed by atoms with Crippen molar-refractivity contribution >= 4 is 15.5 Å². The van der Waals surface area contributed by atoms with Gasteiger partial charge in [-0.15, -0.1) is 0 Å². The van der Waals surface area contributed by atoms with Gasteiger partial charge in [0.1, 0.15) is 15.5 Å². The molecule has 1 N–H and O–H groups in total. The lowest BCUT2D eigenvalue weighted by atomic mass is 10.2. The van der Waals surface area contributed by atoms with Crippen molar-refractivity contribution in [2.24, 2.45) is 0 Å². The number of aromatic nitrogens is 3. The molecule has 0 saturated carbocycles. The summed E-state index contributed by atoms with van der Waals surface area (Å²) in [5, 5.41) is 7.04. The van der Waals surface area contributed by atoms with Gasteiger partial charge in [0.15, 0.2) is 0 Å². The largest absolute Gasteiger partial charge is 0.433 e. The monoisotopic (exact) mass is 362 g/mol. The summed E-state index contributed by atoms with van der Waals surface area (Å²) in [4.78, 5) is 3.54.